The number of benzene rings is 2. The predicted molar refractivity (Wildman–Crippen MR) is 58.0 cm³/mol. The van der Waals surface area contributed by atoms with Gasteiger partial charge in [-0.3, -0.25) is 4.79 Å². The van der Waals surface area contributed by atoms with E-state index in [0.29, 0.717) is 11.7 Å². The molecule has 0 aliphatic carbocycles. The molecule has 2 rings (SSSR count). The van der Waals surface area contributed by atoms with E-state index in [9.17, 15) is 17.7 Å². The molecule has 1 nitrogen and oxygen atoms in total. The monoisotopic (exact) mass is 223 g/mol. The van der Waals surface area contributed by atoms with Gasteiger partial charge >= 0.3 is 6.98 Å². The van der Waals surface area contributed by atoms with Crippen molar-refractivity contribution in [2.24, 2.45) is 0 Å². The van der Waals surface area contributed by atoms with Crippen LogP contribution in [-0.2, 0) is 0 Å². The van der Waals surface area contributed by atoms with E-state index in [0.717, 1.165) is 6.07 Å². The lowest BCUT2D eigenvalue weighted by molar-refractivity contribution is 0.112. The van der Waals surface area contributed by atoms with Crippen LogP contribution < -0.4 is 5.46 Å². The van der Waals surface area contributed by atoms with Crippen LogP contribution in [0.2, 0.25) is 0 Å². The van der Waals surface area contributed by atoms with Gasteiger partial charge in [0.15, 0.2) is 6.29 Å². The second kappa shape index (κ2) is 3.66. The molecule has 2 aromatic rings. The fraction of sp³-hybridized carbons (Fsp3) is 0. The minimum atomic E-state index is -5.05. The van der Waals surface area contributed by atoms with Gasteiger partial charge in [-0.1, -0.05) is 36.4 Å². The second-order valence-electron chi connectivity index (χ2n) is 3.48. The Morgan fingerprint density at radius 1 is 0.938 bits per heavy atom. The van der Waals surface area contributed by atoms with Crippen LogP contribution >= 0.6 is 0 Å². The third-order valence-electron chi connectivity index (χ3n) is 2.47. The quantitative estimate of drug-likeness (QED) is 0.565. The molecule has 0 aliphatic rings. The Balaban J connectivity index is 2.84. The van der Waals surface area contributed by atoms with Crippen LogP contribution in [0.4, 0.5) is 12.9 Å². The molecule has 16 heavy (non-hydrogen) atoms. The van der Waals surface area contributed by atoms with E-state index in [1.165, 1.54) is 30.3 Å². The number of carbonyl (C=O) groups is 1. The first-order chi connectivity index (χ1) is 7.54. The standard InChI is InChI=1S/C11H7BF3O/c13-12(14,15)11-6-2-4-9-8(7-16)3-1-5-10(9)11/h1-7H/q-1. The lowest BCUT2D eigenvalue weighted by Crippen LogP contribution is -2.34. The van der Waals surface area contributed by atoms with Crippen molar-refractivity contribution < 1.29 is 17.7 Å². The van der Waals surface area contributed by atoms with E-state index in [1.54, 1.807) is 0 Å². The van der Waals surface area contributed by atoms with Gasteiger partial charge < -0.3 is 12.9 Å². The van der Waals surface area contributed by atoms with Crippen molar-refractivity contribution in [3.8, 4) is 0 Å². The molecule has 0 saturated carbocycles. The third kappa shape index (κ3) is 1.69. The van der Waals surface area contributed by atoms with Crippen molar-refractivity contribution in [2.75, 3.05) is 0 Å². The molecular formula is C11H7BF3O-. The fourth-order valence-corrected chi connectivity index (χ4v) is 1.75. The van der Waals surface area contributed by atoms with Crippen LogP contribution in [0.25, 0.3) is 10.8 Å². The van der Waals surface area contributed by atoms with Crippen LogP contribution in [0.1, 0.15) is 10.4 Å². The Hall–Kier alpha value is -1.78. The van der Waals surface area contributed by atoms with Gasteiger partial charge in [-0.05, 0) is 10.8 Å². The van der Waals surface area contributed by atoms with Crippen LogP contribution in [0.3, 0.4) is 0 Å². The zero-order valence-electron chi connectivity index (χ0n) is 8.16. The SMILES string of the molecule is O=Cc1cccc2c([B-](F)(F)F)cccc12. The maximum absolute atomic E-state index is 12.7. The zero-order chi connectivity index (χ0) is 11.8. The molecule has 0 spiro atoms. The van der Waals surface area contributed by atoms with Crippen molar-refractivity contribution in [3.63, 3.8) is 0 Å². The molecule has 0 fully saturated rings. The largest absolute Gasteiger partial charge is 0.510 e. The Bertz CT molecular complexity index is 548. The second-order valence-corrected chi connectivity index (χ2v) is 3.48. The Labute approximate surface area is 89.9 Å². The Morgan fingerprint density at radius 3 is 2.19 bits per heavy atom. The molecular weight excluding hydrogens is 216 g/mol. The number of aldehydes is 1. The highest BCUT2D eigenvalue weighted by Crippen LogP contribution is 2.20. The maximum Gasteiger partial charge on any atom is 0.510 e. The molecule has 0 saturated heterocycles. The number of carbonyl (C=O) groups excluding carboxylic acids is 1. The summed E-state index contributed by atoms with van der Waals surface area (Å²) in [5.41, 5.74) is -0.374. The summed E-state index contributed by atoms with van der Waals surface area (Å²) in [6.45, 7) is -5.05. The molecule has 5 heteroatoms. The topological polar surface area (TPSA) is 17.1 Å². The van der Waals surface area contributed by atoms with Crippen LogP contribution in [-0.4, -0.2) is 13.3 Å². The first kappa shape index (κ1) is 10.7. The molecule has 82 valence electrons. The van der Waals surface area contributed by atoms with Gasteiger partial charge in [0.2, 0.25) is 0 Å². The smallest absolute Gasteiger partial charge is 0.445 e. The minimum absolute atomic E-state index is 0.0830. The van der Waals surface area contributed by atoms with Crippen LogP contribution in [0.15, 0.2) is 36.4 Å². The zero-order valence-corrected chi connectivity index (χ0v) is 8.16. The van der Waals surface area contributed by atoms with Gasteiger partial charge in [0.25, 0.3) is 0 Å². The summed E-state index contributed by atoms with van der Waals surface area (Å²) in [6, 6.07) is 8.22. The van der Waals surface area contributed by atoms with Crippen molar-refractivity contribution in [1.82, 2.24) is 0 Å². The van der Waals surface area contributed by atoms with Gasteiger partial charge in [0.05, 0.1) is 0 Å². The van der Waals surface area contributed by atoms with Gasteiger partial charge in [-0.2, -0.15) is 0 Å². The summed E-state index contributed by atoms with van der Waals surface area (Å²) in [5.74, 6) is 0. The van der Waals surface area contributed by atoms with E-state index < -0.39 is 12.4 Å². The van der Waals surface area contributed by atoms with E-state index in [-0.39, 0.29) is 10.9 Å². The molecule has 0 bridgehead atoms. The Morgan fingerprint density at radius 2 is 1.56 bits per heavy atom. The van der Waals surface area contributed by atoms with E-state index >= 15 is 0 Å². The summed E-state index contributed by atoms with van der Waals surface area (Å²) in [4.78, 5) is 10.7. The van der Waals surface area contributed by atoms with Gasteiger partial charge in [-0.25, -0.2) is 0 Å². The fourth-order valence-electron chi connectivity index (χ4n) is 1.75. The highest BCUT2D eigenvalue weighted by molar-refractivity contribution is 6.76. The lowest BCUT2D eigenvalue weighted by atomic mass is 9.76. The summed E-state index contributed by atoms with van der Waals surface area (Å²) >= 11 is 0. The average molecular weight is 223 g/mol. The molecule has 0 radical (unpaired) electrons. The molecule has 0 unspecified atom stereocenters. The Kier molecular flexibility index (Phi) is 2.46. The number of hydrogen-bond donors (Lipinski definition) is 0. The van der Waals surface area contributed by atoms with E-state index in [2.05, 4.69) is 0 Å². The number of hydrogen-bond acceptors (Lipinski definition) is 1. The maximum atomic E-state index is 12.7. The van der Waals surface area contributed by atoms with Crippen LogP contribution in [0.5, 0.6) is 0 Å². The molecule has 0 aromatic heterocycles. The van der Waals surface area contributed by atoms with E-state index in [1.807, 2.05) is 0 Å². The summed E-state index contributed by atoms with van der Waals surface area (Å²) in [5, 5.41) is 0.425. The first-order valence-electron chi connectivity index (χ1n) is 4.71. The normalized spacial score (nSPS) is 11.7. The van der Waals surface area contributed by atoms with Crippen molar-refractivity contribution in [1.29, 1.82) is 0 Å². The van der Waals surface area contributed by atoms with Crippen molar-refractivity contribution in [3.05, 3.63) is 42.0 Å². The lowest BCUT2D eigenvalue weighted by Gasteiger charge is -2.17. The molecule has 2 aromatic carbocycles. The van der Waals surface area contributed by atoms with Crippen LogP contribution in [0, 0.1) is 0 Å². The first-order valence-corrected chi connectivity index (χ1v) is 4.71. The van der Waals surface area contributed by atoms with Crippen molar-refractivity contribution >= 4 is 29.5 Å². The van der Waals surface area contributed by atoms with Crippen molar-refractivity contribution in [2.45, 2.75) is 0 Å². The van der Waals surface area contributed by atoms with Gasteiger partial charge in [0, 0.05) is 5.56 Å². The highest BCUT2D eigenvalue weighted by atomic mass is 19.4. The molecule has 0 N–H and O–H groups in total. The molecule has 0 amide bonds. The van der Waals surface area contributed by atoms with Gasteiger partial charge in [-0.15, -0.1) is 5.46 Å². The summed E-state index contributed by atoms with van der Waals surface area (Å²) < 4.78 is 38.2. The van der Waals surface area contributed by atoms with E-state index in [4.69, 9.17) is 0 Å². The number of halogens is 3. The third-order valence-corrected chi connectivity index (χ3v) is 2.47. The number of fused-ring (bicyclic) bond motifs is 1. The predicted octanol–water partition coefficient (Wildman–Crippen LogP) is 2.71. The molecule has 0 atom stereocenters. The molecule has 0 aliphatic heterocycles. The highest BCUT2D eigenvalue weighted by Gasteiger charge is 2.27. The summed E-state index contributed by atoms with van der Waals surface area (Å²) in [7, 11) is 0. The minimum Gasteiger partial charge on any atom is -0.445 e. The summed E-state index contributed by atoms with van der Waals surface area (Å²) in [6.07, 6.45) is 0.565. The van der Waals surface area contributed by atoms with Gasteiger partial charge in [0.1, 0.15) is 0 Å². The average Bonchev–Trinajstić information content (AvgIpc) is 2.26. The molecule has 0 heterocycles. The number of rotatable bonds is 2.